The number of aryl methyl sites for hydroxylation is 2. The minimum atomic E-state index is 0.519. The summed E-state index contributed by atoms with van der Waals surface area (Å²) in [5.74, 6) is 2.09. The SMILES string of the molecule is Cc1c(-c2nnc(-c3c4ccccc4cc4ccccc34)o2)sc2sc(-c3nnc(-c4c5ccccc5cc5ccccc45)o3)c(C)c12. The van der Waals surface area contributed by atoms with E-state index in [1.165, 1.54) is 5.39 Å². The Kier molecular flexibility index (Phi) is 5.94. The van der Waals surface area contributed by atoms with Gasteiger partial charge in [0, 0.05) is 5.39 Å². The van der Waals surface area contributed by atoms with Gasteiger partial charge in [-0.15, -0.1) is 43.1 Å². The summed E-state index contributed by atoms with van der Waals surface area (Å²) in [4.78, 5) is 1.95. The zero-order valence-corrected chi connectivity index (χ0v) is 27.4. The van der Waals surface area contributed by atoms with E-state index < -0.39 is 0 Å². The van der Waals surface area contributed by atoms with Crippen LogP contribution in [0.3, 0.4) is 0 Å². The molecule has 0 N–H and O–H groups in total. The third-order valence-electron chi connectivity index (χ3n) is 9.23. The van der Waals surface area contributed by atoms with Gasteiger partial charge in [0.25, 0.3) is 11.8 Å². The molecule has 0 saturated heterocycles. The fourth-order valence-electron chi connectivity index (χ4n) is 7.00. The summed E-state index contributed by atoms with van der Waals surface area (Å²) in [7, 11) is 0. The highest BCUT2D eigenvalue weighted by atomic mass is 32.2. The Morgan fingerprint density at radius 1 is 0.438 bits per heavy atom. The monoisotopic (exact) mass is 656 g/mol. The van der Waals surface area contributed by atoms with Gasteiger partial charge in [-0.3, -0.25) is 0 Å². The molecule has 0 unspecified atom stereocenters. The van der Waals surface area contributed by atoms with Crippen molar-refractivity contribution in [3.63, 3.8) is 0 Å². The van der Waals surface area contributed by atoms with Gasteiger partial charge in [-0.25, -0.2) is 0 Å². The molecule has 6 aromatic carbocycles. The normalized spacial score (nSPS) is 12.0. The largest absolute Gasteiger partial charge is 0.415 e. The standard InChI is InChI=1S/C40H24N4O2S2/c1-21-31-22(2)35(39-44-42-37(46-39)33-29-17-9-5-13-25(29)20-26-14-6-10-18-30(26)33)48-40(31)47-34(21)38-43-41-36(45-38)32-27-15-7-3-11-23(27)19-24-12-4-8-16-28(24)32/h3-20H,1-2H3. The van der Waals surface area contributed by atoms with Gasteiger partial charge >= 0.3 is 0 Å². The van der Waals surface area contributed by atoms with E-state index in [9.17, 15) is 0 Å². The van der Waals surface area contributed by atoms with E-state index in [0.717, 1.165) is 79.1 Å². The summed E-state index contributed by atoms with van der Waals surface area (Å²) >= 11 is 3.32. The predicted molar refractivity (Wildman–Crippen MR) is 197 cm³/mol. The minimum absolute atomic E-state index is 0.519. The van der Waals surface area contributed by atoms with Crippen LogP contribution < -0.4 is 0 Å². The van der Waals surface area contributed by atoms with Crippen LogP contribution in [0.25, 0.3) is 96.9 Å². The van der Waals surface area contributed by atoms with Crippen LogP contribution in [-0.2, 0) is 0 Å². The summed E-state index contributed by atoms with van der Waals surface area (Å²) in [6.45, 7) is 4.24. The summed E-state index contributed by atoms with van der Waals surface area (Å²) < 4.78 is 14.1. The molecule has 6 nitrogen and oxygen atoms in total. The third kappa shape index (κ3) is 4.03. The van der Waals surface area contributed by atoms with E-state index in [2.05, 4.69) is 119 Å². The van der Waals surface area contributed by atoms with Gasteiger partial charge in [0.15, 0.2) is 0 Å². The lowest BCUT2D eigenvalue weighted by atomic mass is 9.97. The van der Waals surface area contributed by atoms with E-state index in [0.29, 0.717) is 23.6 Å². The number of rotatable bonds is 4. The molecule has 0 bridgehead atoms. The molecule has 0 aliphatic rings. The second-order valence-electron chi connectivity index (χ2n) is 12.0. The Bertz CT molecular complexity index is 2590. The Labute approximate surface area is 281 Å². The molecule has 0 atom stereocenters. The van der Waals surface area contributed by atoms with Gasteiger partial charge in [-0.05, 0) is 80.2 Å². The first-order chi connectivity index (χ1) is 23.6. The van der Waals surface area contributed by atoms with Gasteiger partial charge in [-0.1, -0.05) is 97.1 Å². The molecule has 10 aromatic rings. The number of hydrogen-bond donors (Lipinski definition) is 0. The van der Waals surface area contributed by atoms with Crippen LogP contribution in [0, 0.1) is 13.8 Å². The predicted octanol–water partition coefficient (Wildman–Crippen LogP) is 11.6. The first kappa shape index (κ1) is 27.4. The number of thiophene rings is 2. The highest BCUT2D eigenvalue weighted by Gasteiger charge is 2.25. The van der Waals surface area contributed by atoms with Gasteiger partial charge in [0.2, 0.25) is 11.8 Å². The van der Waals surface area contributed by atoms with Crippen LogP contribution in [0.15, 0.2) is 118 Å². The summed E-state index contributed by atoms with van der Waals surface area (Å²) in [6, 6.07) is 37.8. The molecule has 0 saturated carbocycles. The summed E-state index contributed by atoms with van der Waals surface area (Å²) in [6.07, 6.45) is 0. The van der Waals surface area contributed by atoms with Gasteiger partial charge < -0.3 is 8.83 Å². The summed E-state index contributed by atoms with van der Waals surface area (Å²) in [5.41, 5.74) is 4.13. The molecule has 228 valence electrons. The van der Waals surface area contributed by atoms with Crippen LogP contribution >= 0.6 is 22.7 Å². The van der Waals surface area contributed by atoms with Crippen molar-refractivity contribution in [2.24, 2.45) is 0 Å². The van der Waals surface area contributed by atoms with E-state index in [4.69, 9.17) is 8.83 Å². The van der Waals surface area contributed by atoms with Gasteiger partial charge in [-0.2, -0.15) is 0 Å². The third-order valence-corrected chi connectivity index (χ3v) is 11.9. The first-order valence-electron chi connectivity index (χ1n) is 15.6. The second-order valence-corrected chi connectivity index (χ2v) is 14.3. The quantitative estimate of drug-likeness (QED) is 0.175. The van der Waals surface area contributed by atoms with Crippen LogP contribution in [0.2, 0.25) is 0 Å². The zero-order valence-electron chi connectivity index (χ0n) is 25.8. The van der Waals surface area contributed by atoms with Crippen molar-refractivity contribution in [3.8, 4) is 44.4 Å². The molecule has 4 heterocycles. The molecule has 48 heavy (non-hydrogen) atoms. The first-order valence-corrected chi connectivity index (χ1v) is 17.3. The van der Waals surface area contributed by atoms with E-state index in [-0.39, 0.29) is 0 Å². The Morgan fingerprint density at radius 2 is 0.771 bits per heavy atom. The second kappa shape index (κ2) is 10.4. The van der Waals surface area contributed by atoms with Crippen molar-refractivity contribution >= 4 is 75.2 Å². The Hall–Kier alpha value is -5.70. The molecule has 10 rings (SSSR count). The number of hydrogen-bond acceptors (Lipinski definition) is 8. The fraction of sp³-hybridized carbons (Fsp3) is 0.0500. The minimum Gasteiger partial charge on any atom is -0.415 e. The molecule has 0 spiro atoms. The maximum Gasteiger partial charge on any atom is 0.258 e. The van der Waals surface area contributed by atoms with Crippen LogP contribution in [0.4, 0.5) is 0 Å². The number of benzene rings is 6. The van der Waals surface area contributed by atoms with Crippen LogP contribution in [0.1, 0.15) is 11.1 Å². The molecule has 0 aliphatic carbocycles. The van der Waals surface area contributed by atoms with Crippen molar-refractivity contribution in [2.75, 3.05) is 0 Å². The van der Waals surface area contributed by atoms with E-state index in [1.807, 2.05) is 24.3 Å². The maximum absolute atomic E-state index is 6.48. The van der Waals surface area contributed by atoms with Crippen LogP contribution in [0.5, 0.6) is 0 Å². The topological polar surface area (TPSA) is 77.8 Å². The molecular formula is C40H24N4O2S2. The Morgan fingerprint density at radius 3 is 1.12 bits per heavy atom. The fourth-order valence-corrected chi connectivity index (χ4v) is 9.71. The average Bonchev–Trinajstić information content (AvgIpc) is 3.92. The van der Waals surface area contributed by atoms with Crippen molar-refractivity contribution in [2.45, 2.75) is 13.8 Å². The number of aromatic nitrogens is 4. The molecule has 4 aromatic heterocycles. The van der Waals surface area contributed by atoms with Crippen molar-refractivity contribution < 1.29 is 8.83 Å². The molecule has 8 heteroatoms. The van der Waals surface area contributed by atoms with E-state index in [1.54, 1.807) is 22.7 Å². The lowest BCUT2D eigenvalue weighted by Gasteiger charge is -2.08. The van der Waals surface area contributed by atoms with Crippen molar-refractivity contribution in [3.05, 3.63) is 120 Å². The lowest BCUT2D eigenvalue weighted by molar-refractivity contribution is 0.587. The number of fused-ring (bicyclic) bond motifs is 5. The number of nitrogens with zero attached hydrogens (tertiary/aromatic N) is 4. The van der Waals surface area contributed by atoms with E-state index >= 15 is 0 Å². The molecule has 0 amide bonds. The maximum atomic E-state index is 6.48. The van der Waals surface area contributed by atoms with Crippen molar-refractivity contribution in [1.82, 2.24) is 20.4 Å². The lowest BCUT2D eigenvalue weighted by Crippen LogP contribution is -1.85. The Balaban J connectivity index is 1.06. The highest BCUT2D eigenvalue weighted by molar-refractivity contribution is 7.41. The molecule has 0 fully saturated rings. The summed E-state index contributed by atoms with van der Waals surface area (Å²) in [5, 5.41) is 28.4. The van der Waals surface area contributed by atoms with Gasteiger partial charge in [0.05, 0.1) is 24.9 Å². The van der Waals surface area contributed by atoms with Gasteiger partial charge in [0.1, 0.15) is 0 Å². The highest BCUT2D eigenvalue weighted by Crippen LogP contribution is 2.48. The molecule has 0 aliphatic heterocycles. The van der Waals surface area contributed by atoms with Crippen molar-refractivity contribution in [1.29, 1.82) is 0 Å². The molecule has 0 radical (unpaired) electrons. The smallest absolute Gasteiger partial charge is 0.258 e. The zero-order chi connectivity index (χ0) is 31.9. The molecular weight excluding hydrogens is 633 g/mol. The average molecular weight is 657 g/mol. The van der Waals surface area contributed by atoms with Crippen LogP contribution in [-0.4, -0.2) is 20.4 Å².